The Bertz CT molecular complexity index is 694. The summed E-state index contributed by atoms with van der Waals surface area (Å²) in [4.78, 5) is 22.3. The molecule has 2 unspecified atom stereocenters. The summed E-state index contributed by atoms with van der Waals surface area (Å²) in [6.07, 6.45) is 2.24. The lowest BCUT2D eigenvalue weighted by Gasteiger charge is -2.21. The van der Waals surface area contributed by atoms with Crippen molar-refractivity contribution in [2.45, 2.75) is 12.0 Å². The molecule has 0 heterocycles. The molecule has 5 nitrogen and oxygen atoms in total. The van der Waals surface area contributed by atoms with Gasteiger partial charge in [0.25, 0.3) is 0 Å². The number of aliphatic carboxylic acids is 2. The fraction of sp³-hybridized carbons (Fsp3) is 0.158. The summed E-state index contributed by atoms with van der Waals surface area (Å²) in [6.45, 7) is -0.667. The van der Waals surface area contributed by atoms with Crippen LogP contribution in [0.1, 0.15) is 17.0 Å². The molecular formula is C19H18O5. The van der Waals surface area contributed by atoms with E-state index in [1.807, 2.05) is 36.4 Å². The monoisotopic (exact) mass is 326 g/mol. The molecule has 0 aliphatic carbocycles. The van der Waals surface area contributed by atoms with Crippen LogP contribution in [0.4, 0.5) is 0 Å². The number of benzene rings is 2. The maximum atomic E-state index is 11.6. The number of carboxylic acid groups (broad SMARTS) is 2. The first-order chi connectivity index (χ1) is 11.6. The normalized spacial score (nSPS) is 13.5. The Hall–Kier alpha value is -2.92. The summed E-state index contributed by atoms with van der Waals surface area (Å²) < 4.78 is 5.12. The van der Waals surface area contributed by atoms with E-state index in [9.17, 15) is 14.7 Å². The SMILES string of the molecule is O=C(O)COC(C(=O)O)C(C=Cc1ccccc1)c1ccccc1. The van der Waals surface area contributed by atoms with Gasteiger partial charge in [0.2, 0.25) is 0 Å². The van der Waals surface area contributed by atoms with E-state index in [1.165, 1.54) is 0 Å². The Morgan fingerprint density at radius 1 is 0.958 bits per heavy atom. The Morgan fingerprint density at radius 2 is 1.54 bits per heavy atom. The molecule has 2 aromatic carbocycles. The average molecular weight is 326 g/mol. The molecule has 0 radical (unpaired) electrons. The predicted octanol–water partition coefficient (Wildman–Crippen LogP) is 3.04. The molecule has 0 saturated heterocycles. The second-order valence-corrected chi connectivity index (χ2v) is 5.17. The van der Waals surface area contributed by atoms with Gasteiger partial charge in [0, 0.05) is 5.92 Å². The Morgan fingerprint density at radius 3 is 2.08 bits per heavy atom. The molecule has 2 atom stereocenters. The van der Waals surface area contributed by atoms with Crippen molar-refractivity contribution in [3.63, 3.8) is 0 Å². The first kappa shape index (κ1) is 17.4. The molecule has 0 amide bonds. The van der Waals surface area contributed by atoms with Crippen molar-refractivity contribution < 1.29 is 24.5 Å². The largest absolute Gasteiger partial charge is 0.480 e. The van der Waals surface area contributed by atoms with Crippen LogP contribution in [0.15, 0.2) is 66.7 Å². The smallest absolute Gasteiger partial charge is 0.333 e. The van der Waals surface area contributed by atoms with Crippen LogP contribution in [0.25, 0.3) is 6.08 Å². The third-order valence-electron chi connectivity index (χ3n) is 3.44. The Labute approximate surface area is 139 Å². The van der Waals surface area contributed by atoms with Crippen molar-refractivity contribution in [1.82, 2.24) is 0 Å². The highest BCUT2D eigenvalue weighted by Gasteiger charge is 2.29. The number of rotatable bonds is 8. The lowest BCUT2D eigenvalue weighted by atomic mass is 9.92. The number of hydrogen-bond acceptors (Lipinski definition) is 3. The van der Waals surface area contributed by atoms with Gasteiger partial charge in [0.15, 0.2) is 6.10 Å². The van der Waals surface area contributed by atoms with Gasteiger partial charge in [-0.15, -0.1) is 0 Å². The second-order valence-electron chi connectivity index (χ2n) is 5.17. The average Bonchev–Trinajstić information content (AvgIpc) is 2.59. The summed E-state index contributed by atoms with van der Waals surface area (Å²) in [5, 5.41) is 18.2. The van der Waals surface area contributed by atoms with Gasteiger partial charge in [-0.05, 0) is 11.1 Å². The van der Waals surface area contributed by atoms with Crippen LogP contribution in [-0.4, -0.2) is 34.9 Å². The molecule has 0 spiro atoms. The number of ether oxygens (including phenoxy) is 1. The lowest BCUT2D eigenvalue weighted by Crippen LogP contribution is -2.32. The highest BCUT2D eigenvalue weighted by atomic mass is 16.5. The van der Waals surface area contributed by atoms with Gasteiger partial charge in [-0.2, -0.15) is 0 Å². The molecule has 5 heteroatoms. The summed E-state index contributed by atoms with van der Waals surface area (Å²) >= 11 is 0. The molecule has 2 N–H and O–H groups in total. The number of carboxylic acids is 2. The minimum atomic E-state index is -1.29. The highest BCUT2D eigenvalue weighted by Crippen LogP contribution is 2.25. The van der Waals surface area contributed by atoms with Crippen LogP contribution in [-0.2, 0) is 14.3 Å². The van der Waals surface area contributed by atoms with Crippen molar-refractivity contribution in [3.05, 3.63) is 77.9 Å². The summed E-state index contributed by atoms with van der Waals surface area (Å²) in [6, 6.07) is 18.5. The van der Waals surface area contributed by atoms with E-state index in [0.29, 0.717) is 0 Å². The maximum absolute atomic E-state index is 11.6. The quantitative estimate of drug-likeness (QED) is 0.779. The van der Waals surface area contributed by atoms with Gasteiger partial charge in [0.05, 0.1) is 0 Å². The zero-order chi connectivity index (χ0) is 17.4. The summed E-state index contributed by atoms with van der Waals surface area (Å²) in [5.41, 5.74) is 1.66. The highest BCUT2D eigenvalue weighted by molar-refractivity contribution is 5.76. The molecule has 24 heavy (non-hydrogen) atoms. The van der Waals surface area contributed by atoms with Crippen LogP contribution >= 0.6 is 0 Å². The lowest BCUT2D eigenvalue weighted by molar-refractivity contribution is -0.157. The molecule has 0 bridgehead atoms. The van der Waals surface area contributed by atoms with E-state index >= 15 is 0 Å². The van der Waals surface area contributed by atoms with E-state index in [0.717, 1.165) is 11.1 Å². The molecule has 0 aromatic heterocycles. The van der Waals surface area contributed by atoms with Crippen molar-refractivity contribution in [3.8, 4) is 0 Å². The standard InChI is InChI=1S/C19H18O5/c20-17(21)13-24-18(19(22)23)16(15-9-5-2-6-10-15)12-11-14-7-3-1-4-8-14/h1-12,16,18H,13H2,(H,20,21)(H,22,23). The molecule has 2 aromatic rings. The van der Waals surface area contributed by atoms with Crippen molar-refractivity contribution >= 4 is 18.0 Å². The third-order valence-corrected chi connectivity index (χ3v) is 3.44. The van der Waals surface area contributed by atoms with E-state index in [4.69, 9.17) is 9.84 Å². The van der Waals surface area contributed by atoms with Gasteiger partial charge in [0.1, 0.15) is 6.61 Å². The second kappa shape index (κ2) is 8.64. The summed E-state index contributed by atoms with van der Waals surface area (Å²) in [7, 11) is 0. The van der Waals surface area contributed by atoms with Crippen molar-refractivity contribution in [2.75, 3.05) is 6.61 Å². The van der Waals surface area contributed by atoms with E-state index in [-0.39, 0.29) is 0 Å². The minimum Gasteiger partial charge on any atom is -0.480 e. The van der Waals surface area contributed by atoms with Crippen LogP contribution in [0.3, 0.4) is 0 Å². The van der Waals surface area contributed by atoms with Crippen molar-refractivity contribution in [1.29, 1.82) is 0 Å². The number of hydrogen-bond donors (Lipinski definition) is 2. The fourth-order valence-electron chi connectivity index (χ4n) is 2.33. The van der Waals surface area contributed by atoms with E-state index < -0.39 is 30.6 Å². The molecule has 0 fully saturated rings. The van der Waals surface area contributed by atoms with Gasteiger partial charge >= 0.3 is 11.9 Å². The van der Waals surface area contributed by atoms with Gasteiger partial charge in [-0.1, -0.05) is 72.8 Å². The molecule has 124 valence electrons. The first-order valence-corrected chi connectivity index (χ1v) is 7.42. The third kappa shape index (κ3) is 5.07. The van der Waals surface area contributed by atoms with Gasteiger partial charge in [-0.3, -0.25) is 0 Å². The van der Waals surface area contributed by atoms with Crippen LogP contribution in [0, 0.1) is 0 Å². The topological polar surface area (TPSA) is 83.8 Å². The molecular weight excluding hydrogens is 308 g/mol. The minimum absolute atomic E-state index is 0.608. The maximum Gasteiger partial charge on any atom is 0.333 e. The van der Waals surface area contributed by atoms with E-state index in [2.05, 4.69) is 0 Å². The zero-order valence-electron chi connectivity index (χ0n) is 12.9. The fourth-order valence-corrected chi connectivity index (χ4v) is 2.33. The van der Waals surface area contributed by atoms with Gasteiger partial charge < -0.3 is 14.9 Å². The molecule has 0 aliphatic heterocycles. The van der Waals surface area contributed by atoms with Crippen LogP contribution < -0.4 is 0 Å². The van der Waals surface area contributed by atoms with Crippen LogP contribution in [0.2, 0.25) is 0 Å². The van der Waals surface area contributed by atoms with E-state index in [1.54, 1.807) is 36.4 Å². The predicted molar refractivity (Wildman–Crippen MR) is 89.7 cm³/mol. The Kier molecular flexibility index (Phi) is 6.28. The summed E-state index contributed by atoms with van der Waals surface area (Å²) in [5.74, 6) is -3.02. The Balaban J connectivity index is 2.32. The number of carbonyl (C=O) groups is 2. The first-order valence-electron chi connectivity index (χ1n) is 7.42. The molecule has 0 saturated carbocycles. The van der Waals surface area contributed by atoms with Crippen LogP contribution in [0.5, 0.6) is 0 Å². The van der Waals surface area contributed by atoms with Crippen molar-refractivity contribution in [2.24, 2.45) is 0 Å². The van der Waals surface area contributed by atoms with Gasteiger partial charge in [-0.25, -0.2) is 9.59 Å². The molecule has 2 rings (SSSR count). The molecule has 0 aliphatic rings. The zero-order valence-corrected chi connectivity index (χ0v) is 12.9.